The van der Waals surface area contributed by atoms with Crippen molar-refractivity contribution in [3.8, 4) is 0 Å². The summed E-state index contributed by atoms with van der Waals surface area (Å²) in [6.45, 7) is 3.65. The number of aromatic nitrogens is 2. The number of nitrogen functional groups attached to an aromatic ring is 1. The van der Waals surface area contributed by atoms with Crippen LogP contribution < -0.4 is 11.1 Å². The number of anilines is 2. The quantitative estimate of drug-likeness (QED) is 0.642. The fraction of sp³-hybridized carbons (Fsp3) is 0.667. The zero-order valence-corrected chi connectivity index (χ0v) is 11.3. The predicted octanol–water partition coefficient (Wildman–Crippen LogP) is 2.41. The van der Waals surface area contributed by atoms with Crippen LogP contribution in [-0.4, -0.2) is 20.4 Å². The standard InChI is InChI=1S/C12H19N5O2/c1-8-9(17(18)19)10(15-11(13)14-8)16-12(2)6-4-3-5-7-12/h3-7H2,1-2H3,(H3,13,14,15,16). The normalized spacial score (nSPS) is 18.0. The van der Waals surface area contributed by atoms with Crippen molar-refractivity contribution < 1.29 is 4.92 Å². The van der Waals surface area contributed by atoms with E-state index in [0.717, 1.165) is 25.7 Å². The Morgan fingerprint density at radius 1 is 1.32 bits per heavy atom. The molecule has 0 unspecified atom stereocenters. The monoisotopic (exact) mass is 265 g/mol. The van der Waals surface area contributed by atoms with Gasteiger partial charge in [-0.25, -0.2) is 4.98 Å². The van der Waals surface area contributed by atoms with Gasteiger partial charge in [0.05, 0.1) is 4.92 Å². The minimum absolute atomic E-state index is 0.0602. The second kappa shape index (κ2) is 4.99. The Hall–Kier alpha value is -1.92. The average Bonchev–Trinajstić information content (AvgIpc) is 2.27. The van der Waals surface area contributed by atoms with Gasteiger partial charge in [-0.15, -0.1) is 0 Å². The molecule has 1 fully saturated rings. The molecule has 0 spiro atoms. The van der Waals surface area contributed by atoms with Crippen LogP contribution >= 0.6 is 0 Å². The number of nitrogens with zero attached hydrogens (tertiary/aromatic N) is 3. The summed E-state index contributed by atoms with van der Waals surface area (Å²) < 4.78 is 0. The van der Waals surface area contributed by atoms with E-state index in [0.29, 0.717) is 5.69 Å². The average molecular weight is 265 g/mol. The maximum absolute atomic E-state index is 11.1. The molecule has 1 saturated carbocycles. The van der Waals surface area contributed by atoms with E-state index >= 15 is 0 Å². The van der Waals surface area contributed by atoms with E-state index < -0.39 is 4.92 Å². The van der Waals surface area contributed by atoms with E-state index in [1.165, 1.54) is 6.42 Å². The molecule has 0 aliphatic heterocycles. The second-order valence-electron chi connectivity index (χ2n) is 5.37. The van der Waals surface area contributed by atoms with Crippen LogP contribution in [0.4, 0.5) is 17.5 Å². The van der Waals surface area contributed by atoms with Gasteiger partial charge in [-0.3, -0.25) is 10.1 Å². The summed E-state index contributed by atoms with van der Waals surface area (Å²) in [5, 5.41) is 14.4. The SMILES string of the molecule is Cc1nc(N)nc(NC2(C)CCCCC2)c1[N+](=O)[O-]. The van der Waals surface area contributed by atoms with Gasteiger partial charge < -0.3 is 11.1 Å². The minimum Gasteiger partial charge on any atom is -0.368 e. The number of nitrogens with one attached hydrogen (secondary N) is 1. The van der Waals surface area contributed by atoms with Gasteiger partial charge in [0.15, 0.2) is 0 Å². The van der Waals surface area contributed by atoms with Crippen molar-refractivity contribution in [3.05, 3.63) is 15.8 Å². The van der Waals surface area contributed by atoms with Gasteiger partial charge in [-0.1, -0.05) is 19.3 Å². The molecule has 7 nitrogen and oxygen atoms in total. The van der Waals surface area contributed by atoms with E-state index in [4.69, 9.17) is 5.73 Å². The molecule has 0 aromatic carbocycles. The van der Waals surface area contributed by atoms with Gasteiger partial charge in [0, 0.05) is 5.54 Å². The molecule has 1 heterocycles. The number of hydrogen-bond donors (Lipinski definition) is 2. The van der Waals surface area contributed by atoms with Crippen LogP contribution in [-0.2, 0) is 0 Å². The molecule has 19 heavy (non-hydrogen) atoms. The lowest BCUT2D eigenvalue weighted by Gasteiger charge is -2.34. The van der Waals surface area contributed by atoms with Crippen molar-refractivity contribution in [2.75, 3.05) is 11.1 Å². The van der Waals surface area contributed by atoms with Crippen molar-refractivity contribution in [2.24, 2.45) is 0 Å². The molecule has 1 aromatic rings. The van der Waals surface area contributed by atoms with Gasteiger partial charge in [0.1, 0.15) is 5.69 Å². The maximum atomic E-state index is 11.1. The Labute approximate surface area is 111 Å². The third kappa shape index (κ3) is 2.91. The maximum Gasteiger partial charge on any atom is 0.332 e. The fourth-order valence-electron chi connectivity index (χ4n) is 2.64. The van der Waals surface area contributed by atoms with E-state index in [-0.39, 0.29) is 23.0 Å². The van der Waals surface area contributed by atoms with Crippen LogP contribution in [0, 0.1) is 17.0 Å². The topological polar surface area (TPSA) is 107 Å². The first-order valence-corrected chi connectivity index (χ1v) is 6.48. The summed E-state index contributed by atoms with van der Waals surface area (Å²) in [6, 6.07) is 0. The Bertz CT molecular complexity index is 497. The molecule has 0 radical (unpaired) electrons. The van der Waals surface area contributed by atoms with Crippen LogP contribution in [0.2, 0.25) is 0 Å². The van der Waals surface area contributed by atoms with E-state index in [2.05, 4.69) is 22.2 Å². The smallest absolute Gasteiger partial charge is 0.332 e. The minimum atomic E-state index is -0.455. The van der Waals surface area contributed by atoms with Gasteiger partial charge >= 0.3 is 5.69 Å². The van der Waals surface area contributed by atoms with Crippen LogP contribution in [0.15, 0.2) is 0 Å². The Kier molecular flexibility index (Phi) is 3.55. The largest absolute Gasteiger partial charge is 0.368 e. The summed E-state index contributed by atoms with van der Waals surface area (Å²) in [7, 11) is 0. The van der Waals surface area contributed by atoms with E-state index in [9.17, 15) is 10.1 Å². The Morgan fingerprint density at radius 2 is 1.95 bits per heavy atom. The molecule has 1 aromatic heterocycles. The first-order chi connectivity index (χ1) is 8.91. The lowest BCUT2D eigenvalue weighted by atomic mass is 9.83. The molecule has 0 bridgehead atoms. The summed E-state index contributed by atoms with van der Waals surface area (Å²) in [5.41, 5.74) is 5.64. The van der Waals surface area contributed by atoms with Crippen molar-refractivity contribution in [1.29, 1.82) is 0 Å². The molecule has 1 aliphatic carbocycles. The van der Waals surface area contributed by atoms with Gasteiger partial charge in [0.2, 0.25) is 11.8 Å². The third-order valence-electron chi connectivity index (χ3n) is 3.64. The summed E-state index contributed by atoms with van der Waals surface area (Å²) >= 11 is 0. The number of rotatable bonds is 3. The molecule has 104 valence electrons. The van der Waals surface area contributed by atoms with E-state index in [1.54, 1.807) is 6.92 Å². The van der Waals surface area contributed by atoms with Crippen molar-refractivity contribution in [2.45, 2.75) is 51.5 Å². The number of aryl methyl sites for hydroxylation is 1. The first kappa shape index (κ1) is 13.5. The number of hydrogen-bond acceptors (Lipinski definition) is 6. The molecule has 2 rings (SSSR count). The van der Waals surface area contributed by atoms with Gasteiger partial charge in [-0.2, -0.15) is 4.98 Å². The molecular weight excluding hydrogens is 246 g/mol. The zero-order valence-electron chi connectivity index (χ0n) is 11.3. The van der Waals surface area contributed by atoms with Crippen molar-refractivity contribution in [3.63, 3.8) is 0 Å². The first-order valence-electron chi connectivity index (χ1n) is 6.48. The van der Waals surface area contributed by atoms with Crippen molar-refractivity contribution in [1.82, 2.24) is 9.97 Å². The lowest BCUT2D eigenvalue weighted by Crippen LogP contribution is -2.37. The Morgan fingerprint density at radius 3 is 2.53 bits per heavy atom. The highest BCUT2D eigenvalue weighted by Gasteiger charge is 2.31. The zero-order chi connectivity index (χ0) is 14.0. The highest BCUT2D eigenvalue weighted by Crippen LogP contribution is 2.34. The molecule has 7 heteroatoms. The Balaban J connectivity index is 2.35. The van der Waals surface area contributed by atoms with Crippen LogP contribution in [0.5, 0.6) is 0 Å². The van der Waals surface area contributed by atoms with Gasteiger partial charge in [-0.05, 0) is 26.7 Å². The van der Waals surface area contributed by atoms with Crippen molar-refractivity contribution >= 4 is 17.5 Å². The second-order valence-corrected chi connectivity index (χ2v) is 5.37. The van der Waals surface area contributed by atoms with Crippen LogP contribution in [0.25, 0.3) is 0 Å². The predicted molar refractivity (Wildman–Crippen MR) is 72.9 cm³/mol. The molecule has 0 amide bonds. The molecule has 3 N–H and O–H groups in total. The highest BCUT2D eigenvalue weighted by atomic mass is 16.6. The number of nitro groups is 1. The number of nitrogens with two attached hydrogens (primary N) is 1. The van der Waals surface area contributed by atoms with Gasteiger partial charge in [0.25, 0.3) is 0 Å². The van der Waals surface area contributed by atoms with Crippen LogP contribution in [0.3, 0.4) is 0 Å². The fourth-order valence-corrected chi connectivity index (χ4v) is 2.64. The lowest BCUT2D eigenvalue weighted by molar-refractivity contribution is -0.385. The summed E-state index contributed by atoms with van der Waals surface area (Å²) in [5.74, 6) is 0.296. The van der Waals surface area contributed by atoms with E-state index in [1.807, 2.05) is 0 Å². The molecular formula is C12H19N5O2. The molecule has 1 aliphatic rings. The third-order valence-corrected chi connectivity index (χ3v) is 3.64. The highest BCUT2D eigenvalue weighted by molar-refractivity contribution is 5.61. The summed E-state index contributed by atoms with van der Waals surface area (Å²) in [6.07, 6.45) is 5.41. The molecule has 0 saturated heterocycles. The summed E-state index contributed by atoms with van der Waals surface area (Å²) in [4.78, 5) is 18.6. The molecule has 0 atom stereocenters. The van der Waals surface area contributed by atoms with Crippen LogP contribution in [0.1, 0.15) is 44.7 Å².